The molecule has 0 fully saturated rings. The van der Waals surface area contributed by atoms with Crippen LogP contribution in [0.15, 0.2) is 36.4 Å². The Kier molecular flexibility index (Phi) is 2.48. The third-order valence-corrected chi connectivity index (χ3v) is 2.85. The number of rotatable bonds is 2. The van der Waals surface area contributed by atoms with Crippen LogP contribution < -0.4 is 4.74 Å². The van der Waals surface area contributed by atoms with Crippen molar-refractivity contribution in [3.05, 3.63) is 42.0 Å². The first-order chi connectivity index (χ1) is 8.76. The van der Waals surface area contributed by atoms with E-state index in [2.05, 4.69) is 34.0 Å². The van der Waals surface area contributed by atoms with Crippen LogP contribution in [0.1, 0.15) is 5.56 Å². The Hall–Kier alpha value is -2.36. The number of aromatic amines is 1. The Morgan fingerprint density at radius 2 is 1.78 bits per heavy atom. The number of benzene rings is 1. The molecule has 0 bridgehead atoms. The molecule has 0 aliphatic carbocycles. The fourth-order valence-electron chi connectivity index (χ4n) is 1.84. The average Bonchev–Trinajstić information content (AvgIpc) is 2.82. The van der Waals surface area contributed by atoms with Crippen molar-refractivity contribution < 1.29 is 4.74 Å². The van der Waals surface area contributed by atoms with Gasteiger partial charge in [-0.15, -0.1) is 0 Å². The molecule has 2 heterocycles. The van der Waals surface area contributed by atoms with E-state index in [1.807, 2.05) is 24.3 Å². The van der Waals surface area contributed by atoms with Crippen molar-refractivity contribution in [1.29, 1.82) is 0 Å². The molecule has 3 aromatic rings. The second kappa shape index (κ2) is 4.14. The van der Waals surface area contributed by atoms with Gasteiger partial charge in [-0.25, -0.2) is 4.98 Å². The summed E-state index contributed by atoms with van der Waals surface area (Å²) >= 11 is 0. The molecule has 4 nitrogen and oxygen atoms in total. The highest BCUT2D eigenvalue weighted by Gasteiger charge is 2.06. The maximum Gasteiger partial charge on any atom is 0.215 e. The predicted octanol–water partition coefficient (Wildman–Crippen LogP) is 2.94. The summed E-state index contributed by atoms with van der Waals surface area (Å²) < 4.78 is 5.09. The molecule has 18 heavy (non-hydrogen) atoms. The fourth-order valence-corrected chi connectivity index (χ4v) is 1.84. The van der Waals surface area contributed by atoms with Crippen molar-refractivity contribution in [2.45, 2.75) is 6.92 Å². The number of methoxy groups -OCH3 is 1. The molecular weight excluding hydrogens is 226 g/mol. The van der Waals surface area contributed by atoms with Gasteiger partial charge in [-0.2, -0.15) is 4.98 Å². The van der Waals surface area contributed by atoms with Crippen molar-refractivity contribution in [3.8, 4) is 17.3 Å². The van der Waals surface area contributed by atoms with Crippen LogP contribution in [0.4, 0.5) is 0 Å². The quantitative estimate of drug-likeness (QED) is 0.748. The summed E-state index contributed by atoms with van der Waals surface area (Å²) in [6, 6.07) is 12.0. The monoisotopic (exact) mass is 239 g/mol. The summed E-state index contributed by atoms with van der Waals surface area (Å²) in [4.78, 5) is 12.0. The lowest BCUT2D eigenvalue weighted by Gasteiger charge is -1.96. The summed E-state index contributed by atoms with van der Waals surface area (Å²) in [6.07, 6.45) is 0. The first kappa shape index (κ1) is 10.8. The highest BCUT2D eigenvalue weighted by atomic mass is 16.5. The van der Waals surface area contributed by atoms with E-state index < -0.39 is 0 Å². The third-order valence-electron chi connectivity index (χ3n) is 2.85. The number of hydrogen-bond acceptors (Lipinski definition) is 3. The van der Waals surface area contributed by atoms with Gasteiger partial charge in [0.1, 0.15) is 5.82 Å². The maximum atomic E-state index is 5.09. The van der Waals surface area contributed by atoms with Gasteiger partial charge in [0.05, 0.1) is 12.6 Å². The summed E-state index contributed by atoms with van der Waals surface area (Å²) in [5.74, 6) is 1.40. The van der Waals surface area contributed by atoms with E-state index >= 15 is 0 Å². The van der Waals surface area contributed by atoms with E-state index in [1.165, 1.54) is 5.56 Å². The standard InChI is InChI=1S/C14H13N3O/c1-9-3-5-10(6-4-9)13-15-11-7-8-12(18-2)16-14(11)17-13/h3-8H,1-2H3,(H,15,16,17). The Morgan fingerprint density at radius 3 is 2.50 bits per heavy atom. The molecule has 0 unspecified atom stereocenters. The van der Waals surface area contributed by atoms with Crippen LogP contribution in [0.2, 0.25) is 0 Å². The predicted molar refractivity (Wildman–Crippen MR) is 70.6 cm³/mol. The van der Waals surface area contributed by atoms with Crippen molar-refractivity contribution >= 4 is 11.2 Å². The SMILES string of the molecule is COc1ccc2[nH]c(-c3ccc(C)cc3)nc2n1. The second-order valence-corrected chi connectivity index (χ2v) is 4.18. The Bertz CT molecular complexity index is 686. The molecule has 0 aliphatic rings. The summed E-state index contributed by atoms with van der Waals surface area (Å²) in [5, 5.41) is 0. The van der Waals surface area contributed by atoms with Crippen molar-refractivity contribution in [1.82, 2.24) is 15.0 Å². The number of aromatic nitrogens is 3. The van der Waals surface area contributed by atoms with Crippen molar-refractivity contribution in [2.24, 2.45) is 0 Å². The molecule has 0 spiro atoms. The third kappa shape index (κ3) is 1.82. The lowest BCUT2D eigenvalue weighted by Crippen LogP contribution is -1.86. The van der Waals surface area contributed by atoms with Crippen LogP contribution in [0.5, 0.6) is 5.88 Å². The first-order valence-electron chi connectivity index (χ1n) is 5.74. The number of H-pyrrole nitrogens is 1. The zero-order chi connectivity index (χ0) is 12.5. The van der Waals surface area contributed by atoms with Crippen LogP contribution >= 0.6 is 0 Å². The van der Waals surface area contributed by atoms with Crippen LogP contribution in [0, 0.1) is 6.92 Å². The molecule has 0 radical (unpaired) electrons. The van der Waals surface area contributed by atoms with E-state index in [4.69, 9.17) is 4.74 Å². The highest BCUT2D eigenvalue weighted by Crippen LogP contribution is 2.21. The lowest BCUT2D eigenvalue weighted by molar-refractivity contribution is 0.399. The smallest absolute Gasteiger partial charge is 0.215 e. The van der Waals surface area contributed by atoms with Gasteiger partial charge in [-0.05, 0) is 13.0 Å². The Balaban J connectivity index is 2.10. The van der Waals surface area contributed by atoms with Crippen LogP contribution in [-0.2, 0) is 0 Å². The van der Waals surface area contributed by atoms with Crippen molar-refractivity contribution in [2.75, 3.05) is 7.11 Å². The molecule has 0 atom stereocenters. The fraction of sp³-hybridized carbons (Fsp3) is 0.143. The number of aryl methyl sites for hydroxylation is 1. The molecule has 1 N–H and O–H groups in total. The van der Waals surface area contributed by atoms with Gasteiger partial charge >= 0.3 is 0 Å². The zero-order valence-corrected chi connectivity index (χ0v) is 10.3. The van der Waals surface area contributed by atoms with Gasteiger partial charge in [-0.1, -0.05) is 29.8 Å². The lowest BCUT2D eigenvalue weighted by atomic mass is 10.1. The number of nitrogens with zero attached hydrogens (tertiary/aromatic N) is 2. The molecule has 4 heteroatoms. The number of pyridine rings is 1. The summed E-state index contributed by atoms with van der Waals surface area (Å²) in [5.41, 5.74) is 3.86. The Morgan fingerprint density at radius 1 is 1.00 bits per heavy atom. The highest BCUT2D eigenvalue weighted by molar-refractivity contribution is 5.76. The minimum Gasteiger partial charge on any atom is -0.481 e. The molecule has 0 aliphatic heterocycles. The maximum absolute atomic E-state index is 5.09. The van der Waals surface area contributed by atoms with E-state index in [0.717, 1.165) is 16.9 Å². The molecule has 0 amide bonds. The van der Waals surface area contributed by atoms with Gasteiger partial charge in [0, 0.05) is 11.6 Å². The summed E-state index contributed by atoms with van der Waals surface area (Å²) in [6.45, 7) is 2.06. The largest absolute Gasteiger partial charge is 0.481 e. The number of fused-ring (bicyclic) bond motifs is 1. The average molecular weight is 239 g/mol. The number of nitrogens with one attached hydrogen (secondary N) is 1. The van der Waals surface area contributed by atoms with Gasteiger partial charge in [-0.3, -0.25) is 0 Å². The van der Waals surface area contributed by atoms with Crippen LogP contribution in [-0.4, -0.2) is 22.1 Å². The van der Waals surface area contributed by atoms with E-state index in [1.54, 1.807) is 7.11 Å². The van der Waals surface area contributed by atoms with E-state index in [0.29, 0.717) is 11.5 Å². The van der Waals surface area contributed by atoms with Crippen LogP contribution in [0.25, 0.3) is 22.6 Å². The molecule has 3 rings (SSSR count). The molecular formula is C14H13N3O. The van der Waals surface area contributed by atoms with Gasteiger partial charge in [0.25, 0.3) is 0 Å². The van der Waals surface area contributed by atoms with Crippen molar-refractivity contribution in [3.63, 3.8) is 0 Å². The molecule has 90 valence electrons. The van der Waals surface area contributed by atoms with E-state index in [9.17, 15) is 0 Å². The first-order valence-corrected chi connectivity index (χ1v) is 5.74. The molecule has 2 aromatic heterocycles. The number of imidazole rings is 1. The van der Waals surface area contributed by atoms with Gasteiger partial charge in [0.15, 0.2) is 5.65 Å². The van der Waals surface area contributed by atoms with Gasteiger partial charge in [0.2, 0.25) is 5.88 Å². The van der Waals surface area contributed by atoms with Gasteiger partial charge < -0.3 is 9.72 Å². The number of hydrogen-bond donors (Lipinski definition) is 1. The normalized spacial score (nSPS) is 10.8. The summed E-state index contributed by atoms with van der Waals surface area (Å²) in [7, 11) is 1.60. The minimum atomic E-state index is 0.574. The molecule has 0 saturated carbocycles. The second-order valence-electron chi connectivity index (χ2n) is 4.18. The van der Waals surface area contributed by atoms with E-state index in [-0.39, 0.29) is 0 Å². The Labute approximate surface area is 105 Å². The van der Waals surface area contributed by atoms with Crippen LogP contribution in [0.3, 0.4) is 0 Å². The zero-order valence-electron chi connectivity index (χ0n) is 10.3. The topological polar surface area (TPSA) is 50.8 Å². The number of ether oxygens (including phenoxy) is 1. The molecule has 0 saturated heterocycles. The molecule has 1 aromatic carbocycles. The minimum absolute atomic E-state index is 0.574.